The molecule has 19 heavy (non-hydrogen) atoms. The van der Waals surface area contributed by atoms with Crippen LogP contribution in [0.4, 0.5) is 0 Å². The van der Waals surface area contributed by atoms with E-state index in [9.17, 15) is 0 Å². The number of nitrogens with one attached hydrogen (secondary N) is 1. The van der Waals surface area contributed by atoms with Crippen LogP contribution in [-0.2, 0) is 6.42 Å². The van der Waals surface area contributed by atoms with Crippen LogP contribution in [0.2, 0.25) is 0 Å². The van der Waals surface area contributed by atoms with Gasteiger partial charge in [0.2, 0.25) is 0 Å². The number of aromatic nitrogens is 2. The van der Waals surface area contributed by atoms with E-state index in [0.717, 1.165) is 13.0 Å². The van der Waals surface area contributed by atoms with Gasteiger partial charge < -0.3 is 5.32 Å². The number of nitrogens with zero attached hydrogens (tertiary/aromatic N) is 2. The quantitative estimate of drug-likeness (QED) is 0.736. The Morgan fingerprint density at radius 2 is 1.95 bits per heavy atom. The van der Waals surface area contributed by atoms with Gasteiger partial charge in [-0.2, -0.15) is 5.10 Å². The molecule has 3 heteroatoms. The maximum atomic E-state index is 4.68. The third-order valence-electron chi connectivity index (χ3n) is 3.71. The summed E-state index contributed by atoms with van der Waals surface area (Å²) < 4.78 is 2.05. The second kappa shape index (κ2) is 8.36. The summed E-state index contributed by atoms with van der Waals surface area (Å²) in [7, 11) is 0. The van der Waals surface area contributed by atoms with E-state index in [0.29, 0.717) is 18.0 Å². The summed E-state index contributed by atoms with van der Waals surface area (Å²) in [6.07, 6.45) is 6.87. The fourth-order valence-electron chi connectivity index (χ4n) is 2.46. The summed E-state index contributed by atoms with van der Waals surface area (Å²) >= 11 is 0. The normalized spacial score (nSPS) is 14.8. The second-order valence-electron chi connectivity index (χ2n) is 5.91. The van der Waals surface area contributed by atoms with Gasteiger partial charge in [0.1, 0.15) is 0 Å². The van der Waals surface area contributed by atoms with Gasteiger partial charge in [0.25, 0.3) is 0 Å². The Kier molecular flexibility index (Phi) is 7.14. The zero-order valence-electron chi connectivity index (χ0n) is 13.3. The lowest BCUT2D eigenvalue weighted by Crippen LogP contribution is -2.37. The van der Waals surface area contributed by atoms with Crippen molar-refractivity contribution in [3.8, 4) is 0 Å². The third-order valence-corrected chi connectivity index (χ3v) is 3.71. The molecule has 0 bridgehead atoms. The van der Waals surface area contributed by atoms with Crippen molar-refractivity contribution in [2.45, 2.75) is 72.4 Å². The highest BCUT2D eigenvalue weighted by Gasteiger charge is 2.17. The summed E-state index contributed by atoms with van der Waals surface area (Å²) in [6.45, 7) is 12.3. The summed E-state index contributed by atoms with van der Waals surface area (Å²) in [6, 6.07) is 3.17. The fraction of sp³-hybridized carbons (Fsp3) is 0.812. The van der Waals surface area contributed by atoms with Crippen LogP contribution in [0.3, 0.4) is 0 Å². The van der Waals surface area contributed by atoms with Gasteiger partial charge in [-0.25, -0.2) is 0 Å². The molecule has 0 aliphatic heterocycles. The van der Waals surface area contributed by atoms with Crippen molar-refractivity contribution in [1.29, 1.82) is 0 Å². The van der Waals surface area contributed by atoms with Crippen molar-refractivity contribution in [1.82, 2.24) is 15.1 Å². The van der Waals surface area contributed by atoms with Gasteiger partial charge in [-0.05, 0) is 45.2 Å². The summed E-state index contributed by atoms with van der Waals surface area (Å²) in [4.78, 5) is 0. The third kappa shape index (κ3) is 5.35. The molecule has 110 valence electrons. The second-order valence-corrected chi connectivity index (χ2v) is 5.91. The fourth-order valence-corrected chi connectivity index (χ4v) is 2.46. The highest BCUT2D eigenvalue weighted by Crippen LogP contribution is 2.15. The smallest absolute Gasteiger partial charge is 0.0640 e. The van der Waals surface area contributed by atoms with E-state index in [1.807, 2.05) is 0 Å². The SMILES string of the molecule is CCCNC(Cc1ccn(C(C)C)n1)C(C)CCC. The molecular weight excluding hydrogens is 234 g/mol. The molecule has 1 N–H and O–H groups in total. The monoisotopic (exact) mass is 265 g/mol. The van der Waals surface area contributed by atoms with Gasteiger partial charge in [0.05, 0.1) is 5.69 Å². The lowest BCUT2D eigenvalue weighted by Gasteiger charge is -2.24. The Morgan fingerprint density at radius 3 is 2.47 bits per heavy atom. The summed E-state index contributed by atoms with van der Waals surface area (Å²) in [5.74, 6) is 0.709. The van der Waals surface area contributed by atoms with Crippen molar-refractivity contribution in [2.75, 3.05) is 6.54 Å². The molecule has 2 atom stereocenters. The largest absolute Gasteiger partial charge is 0.313 e. The molecule has 0 aliphatic rings. The lowest BCUT2D eigenvalue weighted by atomic mass is 9.93. The highest BCUT2D eigenvalue weighted by molar-refractivity contribution is 5.02. The summed E-state index contributed by atoms with van der Waals surface area (Å²) in [5, 5.41) is 8.37. The number of rotatable bonds is 9. The maximum absolute atomic E-state index is 4.68. The van der Waals surface area contributed by atoms with Crippen molar-refractivity contribution in [2.24, 2.45) is 5.92 Å². The van der Waals surface area contributed by atoms with Gasteiger partial charge in [-0.15, -0.1) is 0 Å². The molecule has 0 aromatic carbocycles. The van der Waals surface area contributed by atoms with Crippen molar-refractivity contribution in [3.63, 3.8) is 0 Å². The van der Waals surface area contributed by atoms with E-state index in [2.05, 4.69) is 62.0 Å². The van der Waals surface area contributed by atoms with Crippen LogP contribution in [0, 0.1) is 5.92 Å². The van der Waals surface area contributed by atoms with E-state index in [-0.39, 0.29) is 0 Å². The molecule has 0 saturated heterocycles. The van der Waals surface area contributed by atoms with Crippen LogP contribution in [0.15, 0.2) is 12.3 Å². The zero-order chi connectivity index (χ0) is 14.3. The number of hydrogen-bond acceptors (Lipinski definition) is 2. The van der Waals surface area contributed by atoms with Crippen LogP contribution in [0.5, 0.6) is 0 Å². The van der Waals surface area contributed by atoms with E-state index in [1.54, 1.807) is 0 Å². The molecule has 1 aromatic heterocycles. The van der Waals surface area contributed by atoms with Gasteiger partial charge in [-0.3, -0.25) is 4.68 Å². The predicted octanol–water partition coefficient (Wildman–Crippen LogP) is 3.81. The van der Waals surface area contributed by atoms with Crippen molar-refractivity contribution < 1.29 is 0 Å². The molecule has 0 saturated carbocycles. The molecule has 1 heterocycles. The standard InChI is InChI=1S/C16H31N3/c1-6-8-14(5)16(17-10-7-2)12-15-9-11-19(18-15)13(3)4/h9,11,13-14,16-17H,6-8,10,12H2,1-5H3. The maximum Gasteiger partial charge on any atom is 0.0640 e. The Labute approximate surface area is 118 Å². The van der Waals surface area contributed by atoms with Crippen LogP contribution in [0.1, 0.15) is 65.6 Å². The first-order chi connectivity index (χ1) is 9.08. The minimum absolute atomic E-state index is 0.448. The highest BCUT2D eigenvalue weighted by atomic mass is 15.3. The van der Waals surface area contributed by atoms with Gasteiger partial charge >= 0.3 is 0 Å². The molecular formula is C16H31N3. The van der Waals surface area contributed by atoms with E-state index in [4.69, 9.17) is 0 Å². The van der Waals surface area contributed by atoms with Gasteiger partial charge in [0, 0.05) is 24.7 Å². The lowest BCUT2D eigenvalue weighted by molar-refractivity contribution is 0.349. The molecule has 0 fully saturated rings. The zero-order valence-corrected chi connectivity index (χ0v) is 13.3. The molecule has 0 radical (unpaired) electrons. The van der Waals surface area contributed by atoms with Gasteiger partial charge in [-0.1, -0.05) is 27.2 Å². The Hall–Kier alpha value is -0.830. The van der Waals surface area contributed by atoms with Crippen molar-refractivity contribution in [3.05, 3.63) is 18.0 Å². The first-order valence-electron chi connectivity index (χ1n) is 7.85. The van der Waals surface area contributed by atoms with E-state index < -0.39 is 0 Å². The first kappa shape index (κ1) is 16.2. The Bertz CT molecular complexity index is 344. The molecule has 1 aromatic rings. The topological polar surface area (TPSA) is 29.9 Å². The molecule has 0 amide bonds. The van der Waals surface area contributed by atoms with Crippen LogP contribution >= 0.6 is 0 Å². The Balaban J connectivity index is 2.63. The minimum Gasteiger partial charge on any atom is -0.313 e. The Morgan fingerprint density at radius 1 is 1.21 bits per heavy atom. The predicted molar refractivity (Wildman–Crippen MR) is 82.5 cm³/mol. The first-order valence-corrected chi connectivity index (χ1v) is 7.85. The van der Waals surface area contributed by atoms with Crippen LogP contribution in [-0.4, -0.2) is 22.4 Å². The van der Waals surface area contributed by atoms with E-state index in [1.165, 1.54) is 25.0 Å². The average Bonchev–Trinajstić information content (AvgIpc) is 2.83. The molecule has 2 unspecified atom stereocenters. The molecule has 0 aliphatic carbocycles. The van der Waals surface area contributed by atoms with Crippen LogP contribution < -0.4 is 5.32 Å². The number of hydrogen-bond donors (Lipinski definition) is 1. The van der Waals surface area contributed by atoms with Crippen LogP contribution in [0.25, 0.3) is 0 Å². The van der Waals surface area contributed by atoms with E-state index >= 15 is 0 Å². The molecule has 1 rings (SSSR count). The molecule has 3 nitrogen and oxygen atoms in total. The summed E-state index contributed by atoms with van der Waals surface area (Å²) in [5.41, 5.74) is 1.21. The average molecular weight is 265 g/mol. The molecule has 0 spiro atoms. The van der Waals surface area contributed by atoms with Gasteiger partial charge in [0.15, 0.2) is 0 Å². The van der Waals surface area contributed by atoms with Crippen molar-refractivity contribution >= 4 is 0 Å². The minimum atomic E-state index is 0.448.